The molecule has 0 atom stereocenters. The van der Waals surface area contributed by atoms with Crippen LogP contribution in [-0.2, 0) is 121 Å². The Hall–Kier alpha value is -9.57. The number of sulfonamides is 4. The Morgan fingerprint density at radius 2 is 0.464 bits per heavy atom. The van der Waals surface area contributed by atoms with Crippen LogP contribution in [-0.4, -0.2) is 80.9 Å². The molecule has 0 fully saturated rings. The summed E-state index contributed by atoms with van der Waals surface area (Å²) in [6.07, 6.45) is 0.680. The maximum absolute atomic E-state index is 13.9. The summed E-state index contributed by atoms with van der Waals surface area (Å²) in [4.78, 5) is 8.44. The molecule has 14 rings (SSSR count). The number of halogens is 17. The molecule has 724 valence electrons. The molecule has 0 aliphatic rings. The number of aromatic hydroxyl groups is 3. The Labute approximate surface area is 848 Å². The van der Waals surface area contributed by atoms with Crippen LogP contribution in [0.15, 0.2) is 316 Å². The van der Waals surface area contributed by atoms with Crippen LogP contribution in [0.25, 0.3) is 0 Å². The summed E-state index contributed by atoms with van der Waals surface area (Å²) < 4.78 is 215. The molecule has 0 aliphatic heterocycles. The monoisotopic (exact) mass is 2200 g/mol. The highest BCUT2D eigenvalue weighted by Gasteiger charge is 2.34. The number of rotatable bonds is 31. The van der Waals surface area contributed by atoms with Gasteiger partial charge in [0.1, 0.15) is 55.9 Å². The largest absolute Gasteiger partial charge is 0.505 e. The first-order valence-corrected chi connectivity index (χ1v) is 52.0. The van der Waals surface area contributed by atoms with Crippen LogP contribution in [0.4, 0.5) is 26.3 Å². The van der Waals surface area contributed by atoms with E-state index in [9.17, 15) is 88.5 Å². The van der Waals surface area contributed by atoms with E-state index in [2.05, 4.69) is 5.32 Å². The van der Waals surface area contributed by atoms with Gasteiger partial charge in [-0.2, -0.15) is 17.2 Å². The Kier molecular flexibility index (Phi) is 40.2. The van der Waals surface area contributed by atoms with Gasteiger partial charge in [-0.15, -0.1) is 0 Å². The summed E-state index contributed by atoms with van der Waals surface area (Å²) in [5.41, 5.74) is 13.6. The zero-order chi connectivity index (χ0) is 101. The second kappa shape index (κ2) is 50.2. The van der Waals surface area contributed by atoms with E-state index < -0.39 is 104 Å². The van der Waals surface area contributed by atoms with Crippen molar-refractivity contribution in [2.24, 2.45) is 5.73 Å². The van der Waals surface area contributed by atoms with Crippen LogP contribution in [0, 0.1) is 34.9 Å². The van der Waals surface area contributed by atoms with Gasteiger partial charge in [-0.05, 0) is 219 Å². The Morgan fingerprint density at radius 1 is 0.268 bits per heavy atom. The van der Waals surface area contributed by atoms with Crippen molar-refractivity contribution in [1.82, 2.24) is 22.5 Å². The highest BCUT2D eigenvalue weighted by atomic mass is 35.7. The predicted molar refractivity (Wildman–Crippen MR) is 528 cm³/mol. The van der Waals surface area contributed by atoms with E-state index in [0.717, 1.165) is 39.2 Å². The first-order valence-electron chi connectivity index (χ1n) is 40.1. The van der Waals surface area contributed by atoms with Crippen molar-refractivity contribution in [2.45, 2.75) is 96.5 Å². The van der Waals surface area contributed by atoms with Gasteiger partial charge < -0.3 is 26.4 Å². The third-order valence-electron chi connectivity index (χ3n) is 19.8. The number of carbonyl (C=O) groups excluding carboxylic acids is 1. The van der Waals surface area contributed by atoms with E-state index in [-0.39, 0.29) is 124 Å². The zero-order valence-corrected chi connectivity index (χ0v) is 83.6. The lowest BCUT2D eigenvalue weighted by atomic mass is 10.1. The van der Waals surface area contributed by atoms with Gasteiger partial charge in [0.05, 0.1) is 24.9 Å². The minimum atomic E-state index is -4.42. The number of hydrogen-bond donors (Lipinski definition) is 5. The van der Waals surface area contributed by atoms with E-state index in [4.69, 9.17) is 132 Å². The molecule has 0 aliphatic carbocycles. The minimum Gasteiger partial charge on any atom is -0.505 e. The lowest BCUT2D eigenvalue weighted by Gasteiger charge is -2.24. The van der Waals surface area contributed by atoms with Crippen molar-refractivity contribution in [1.29, 1.82) is 0 Å². The van der Waals surface area contributed by atoms with Crippen molar-refractivity contribution in [3.05, 3.63) is 443 Å². The molecule has 0 spiro atoms. The first kappa shape index (κ1) is 110. The van der Waals surface area contributed by atoms with Crippen LogP contribution >= 0.6 is 127 Å². The fourth-order valence-electron chi connectivity index (χ4n) is 12.8. The van der Waals surface area contributed by atoms with Gasteiger partial charge in [-0.1, -0.05) is 249 Å². The van der Waals surface area contributed by atoms with E-state index in [1.807, 2.05) is 36.4 Å². The maximum atomic E-state index is 13.9. The van der Waals surface area contributed by atoms with E-state index in [1.165, 1.54) is 201 Å². The normalized spacial score (nSPS) is 11.7. The van der Waals surface area contributed by atoms with Crippen molar-refractivity contribution < 1.29 is 88.5 Å². The Morgan fingerprint density at radius 3 is 0.696 bits per heavy atom. The summed E-state index contributed by atoms with van der Waals surface area (Å²) in [5, 5.41) is 34.8. The number of carbonyl (C=O) groups is 1. The summed E-state index contributed by atoms with van der Waals surface area (Å²) in [6, 6.07) is 69.4. The lowest BCUT2D eigenvalue weighted by molar-refractivity contribution is 0.112. The highest BCUT2D eigenvalue weighted by Crippen LogP contribution is 2.41. The number of nitrogens with one attached hydrogen (secondary N) is 1. The smallest absolute Gasteiger partial charge is 0.261 e. The molecule has 0 bridgehead atoms. The molecule has 0 amide bonds. The highest BCUT2D eigenvalue weighted by molar-refractivity contribution is 8.13. The third-order valence-corrected chi connectivity index (χ3v) is 30.7. The van der Waals surface area contributed by atoms with Gasteiger partial charge in [0, 0.05) is 123 Å². The number of hydrogen-bond acceptors (Lipinski definition) is 16. The number of nitrogens with zero attached hydrogens (tertiary/aromatic N) is 4. The van der Waals surface area contributed by atoms with Gasteiger partial charge in [-0.25, -0.2) is 68.4 Å². The molecule has 14 aromatic rings. The SMILES string of the molecule is NCc1ccc(CN(Cc2ccc(F)cc2)S(=O)(=O)c2cc(Cl)cc(Cl)c2O)cc1.O=Cc1ccc(F)cc1.O=S(=O)(Cl)c1cc(Cl)cc(Cl)c1.O=S(=O)(c1cc(Cl)cc(Cl)c1)N(Cc1ccc(F)cc1)Cc1ccc(CN(Cc2ccc(F)cc2)S(=O)(=O)c2cc(Cl)cc(Cl)c2O)cc1.O=S(=O)(c1cc(Cl)cc(Cl)c1O)N(Cc1ccc(F)cc1)Cc1ccc(CNCc2ccc(F)cc2)cc1. The molecule has 14 aromatic carbocycles. The van der Waals surface area contributed by atoms with Crippen LogP contribution in [0.2, 0.25) is 50.2 Å². The number of benzene rings is 14. The number of phenols is 3. The molecular weight excluding hydrogens is 2130 g/mol. The van der Waals surface area contributed by atoms with Crippen LogP contribution in [0.5, 0.6) is 17.2 Å². The van der Waals surface area contributed by atoms with Gasteiger partial charge in [0.2, 0.25) is 40.1 Å². The first-order chi connectivity index (χ1) is 65.1. The molecule has 0 unspecified atom stereocenters. The average molecular weight is 2200 g/mol. The Balaban J connectivity index is 0.000000196. The summed E-state index contributed by atoms with van der Waals surface area (Å²) in [5.74, 6) is -4.29. The molecule has 0 heterocycles. The van der Waals surface area contributed by atoms with Gasteiger partial charge in [-0.3, -0.25) is 4.79 Å². The average Bonchev–Trinajstić information content (AvgIpc) is 0.777. The second-order valence-electron chi connectivity index (χ2n) is 30.0. The van der Waals surface area contributed by atoms with Crippen molar-refractivity contribution in [3.63, 3.8) is 0 Å². The molecule has 0 saturated carbocycles. The Bertz CT molecular complexity index is 7180. The summed E-state index contributed by atoms with van der Waals surface area (Å²) in [7, 11) is -15.7. The predicted octanol–water partition coefficient (Wildman–Crippen LogP) is 25.0. The molecule has 0 aromatic heterocycles. The third kappa shape index (κ3) is 32.2. The van der Waals surface area contributed by atoms with Crippen LogP contribution in [0.1, 0.15) is 71.6 Å². The van der Waals surface area contributed by atoms with E-state index >= 15 is 0 Å². The van der Waals surface area contributed by atoms with Gasteiger partial charge in [0.15, 0.2) is 17.2 Å². The number of phenolic OH excluding ortho intramolecular Hbond substituents is 3. The summed E-state index contributed by atoms with van der Waals surface area (Å²) in [6.45, 7) is 0.746. The van der Waals surface area contributed by atoms with Crippen molar-refractivity contribution >= 4 is 182 Å². The van der Waals surface area contributed by atoms with Crippen LogP contribution in [0.3, 0.4) is 0 Å². The molecule has 6 N–H and O–H groups in total. The molecule has 138 heavy (non-hydrogen) atoms. The maximum Gasteiger partial charge on any atom is 0.261 e. The van der Waals surface area contributed by atoms with Crippen molar-refractivity contribution in [3.8, 4) is 17.2 Å². The van der Waals surface area contributed by atoms with Crippen molar-refractivity contribution in [2.75, 3.05) is 0 Å². The lowest BCUT2D eigenvalue weighted by Crippen LogP contribution is -2.31. The zero-order valence-electron chi connectivity index (χ0n) is 71.2. The quantitative estimate of drug-likeness (QED) is 0.0153. The number of aldehydes is 1. The second-order valence-corrected chi connectivity index (χ2v) is 44.5. The molecule has 20 nitrogen and oxygen atoms in total. The van der Waals surface area contributed by atoms with E-state index in [0.29, 0.717) is 76.0 Å². The fraction of sp³-hybridized carbons (Fsp3) is 0.115. The van der Waals surface area contributed by atoms with E-state index in [1.54, 1.807) is 48.5 Å². The number of nitrogens with two attached hydrogens (primary N) is 1. The summed E-state index contributed by atoms with van der Waals surface area (Å²) >= 11 is 59.4. The topological polar surface area (TPSA) is 299 Å². The van der Waals surface area contributed by atoms with Gasteiger partial charge in [0.25, 0.3) is 9.05 Å². The molecular formula is C96H77Cl11F6N6O14S5. The van der Waals surface area contributed by atoms with Gasteiger partial charge >= 0.3 is 0 Å². The minimum absolute atomic E-state index is 0.00681. The fourth-order valence-corrected chi connectivity index (χ4v) is 22.9. The molecule has 42 heteroatoms. The standard InChI is InChI=1S/C34H26Cl4F2N2O5S2.C28H24Cl2F2N2O3S.C21H19Cl2FN2O3S.C7H5FO.C6H3Cl3O2S/c35-26-13-27(36)15-31(14-26)48(44,45)41(19-24-5-9-29(39)10-6-24)18-22-1-3-23(4-2-22)20-42(21-25-7-11-30(40)12-8-25)49(46,47)33-17-28(37)16-32(38)34(33)43;29-23-13-26(30)28(35)27(14-23)38(36,37)34(18-22-7-11-25(32)12-8-22)17-21-3-1-19(2-4-21)15-33-16-20-5-9-24(31)10-6-20;22-17-9-19(23)21(27)20(10-17)30(28,29)26(13-16-5-7-18(24)8-6-16)12-15-3-1-14(11-25)2-4-15;8-7-3-1-6(5-9)2-4-7;7-4-1-5(8)3-6(2-4)12(9,10)11/h1-17,43H,18-21H2;1-14,33,35H,15-18H2;1-10,27H,11-13,25H2;1-5H;1-3H. The molecule has 0 saturated heterocycles. The van der Waals surface area contributed by atoms with Crippen LogP contribution < -0.4 is 11.1 Å². The molecule has 0 radical (unpaired) electrons.